The second kappa shape index (κ2) is 10.4. The molecule has 0 aromatic heterocycles. The molecule has 0 rings (SSSR count). The average Bonchev–Trinajstić information content (AvgIpc) is 2.29. The van der Waals surface area contributed by atoms with Crippen molar-refractivity contribution in [1.82, 2.24) is 0 Å². The summed E-state index contributed by atoms with van der Waals surface area (Å²) in [5.41, 5.74) is 0. The number of esters is 1. The summed E-state index contributed by atoms with van der Waals surface area (Å²) in [5, 5.41) is -0.650. The molecule has 0 spiro atoms. The van der Waals surface area contributed by atoms with Crippen molar-refractivity contribution in [3.63, 3.8) is 0 Å². The van der Waals surface area contributed by atoms with Crippen molar-refractivity contribution in [3.8, 4) is 0 Å². The van der Waals surface area contributed by atoms with Crippen molar-refractivity contribution in [1.29, 1.82) is 0 Å². The SMILES string of the molecule is CCCCCCCCC(Cl)C(=O)OCC(Cl)(Cl)Cl. The Balaban J connectivity index is 3.56. The van der Waals surface area contributed by atoms with Crippen molar-refractivity contribution in [2.75, 3.05) is 6.61 Å². The number of halogens is 4. The Labute approximate surface area is 129 Å². The van der Waals surface area contributed by atoms with Crippen molar-refractivity contribution in [2.24, 2.45) is 0 Å². The molecule has 0 aromatic rings. The second-order valence-electron chi connectivity index (χ2n) is 4.25. The lowest BCUT2D eigenvalue weighted by atomic mass is 10.1. The predicted octanol–water partition coefficient (Wildman–Crippen LogP) is 5.26. The molecular weight excluding hydrogens is 318 g/mol. The molecule has 0 amide bonds. The Kier molecular flexibility index (Phi) is 10.8. The van der Waals surface area contributed by atoms with Gasteiger partial charge in [0.05, 0.1) is 0 Å². The van der Waals surface area contributed by atoms with Gasteiger partial charge in [-0.3, -0.25) is 4.79 Å². The maximum Gasteiger partial charge on any atom is 0.324 e. The maximum absolute atomic E-state index is 11.4. The molecule has 0 heterocycles. The third-order valence-electron chi connectivity index (χ3n) is 2.44. The number of rotatable bonds is 9. The summed E-state index contributed by atoms with van der Waals surface area (Å²) >= 11 is 22.3. The van der Waals surface area contributed by atoms with Crippen LogP contribution in [0.5, 0.6) is 0 Å². The van der Waals surface area contributed by atoms with Crippen LogP contribution < -0.4 is 0 Å². The van der Waals surface area contributed by atoms with E-state index in [0.29, 0.717) is 6.42 Å². The molecule has 0 fully saturated rings. The topological polar surface area (TPSA) is 26.3 Å². The van der Waals surface area contributed by atoms with Crippen LogP contribution in [0.15, 0.2) is 0 Å². The van der Waals surface area contributed by atoms with Crippen LogP contribution in [0.3, 0.4) is 0 Å². The summed E-state index contributed by atoms with van der Waals surface area (Å²) < 4.78 is 3.22. The molecule has 0 aliphatic heterocycles. The Morgan fingerprint density at radius 2 is 1.67 bits per heavy atom. The molecule has 0 saturated carbocycles. The number of carbonyl (C=O) groups excluding carboxylic acids is 1. The molecule has 1 atom stereocenters. The van der Waals surface area contributed by atoms with E-state index < -0.39 is 15.1 Å². The van der Waals surface area contributed by atoms with E-state index in [1.54, 1.807) is 0 Å². The first-order valence-electron chi connectivity index (χ1n) is 6.24. The van der Waals surface area contributed by atoms with E-state index in [0.717, 1.165) is 12.8 Å². The molecule has 0 aromatic carbocycles. The van der Waals surface area contributed by atoms with Crippen LogP contribution in [0.4, 0.5) is 0 Å². The van der Waals surface area contributed by atoms with Gasteiger partial charge in [0.15, 0.2) is 0 Å². The maximum atomic E-state index is 11.4. The lowest BCUT2D eigenvalue weighted by Gasteiger charge is -2.13. The smallest absolute Gasteiger partial charge is 0.324 e. The highest BCUT2D eigenvalue weighted by atomic mass is 35.6. The van der Waals surface area contributed by atoms with Gasteiger partial charge in [0.25, 0.3) is 0 Å². The molecule has 2 nitrogen and oxygen atoms in total. The van der Waals surface area contributed by atoms with E-state index in [9.17, 15) is 4.79 Å². The molecule has 18 heavy (non-hydrogen) atoms. The predicted molar refractivity (Wildman–Crippen MR) is 78.9 cm³/mol. The third-order valence-corrected chi connectivity index (χ3v) is 3.17. The molecule has 1 unspecified atom stereocenters. The van der Waals surface area contributed by atoms with Gasteiger partial charge in [0.2, 0.25) is 3.79 Å². The van der Waals surface area contributed by atoms with E-state index in [-0.39, 0.29) is 6.61 Å². The Morgan fingerprint density at radius 3 is 2.22 bits per heavy atom. The quantitative estimate of drug-likeness (QED) is 0.326. The van der Waals surface area contributed by atoms with Crippen LogP contribution in [-0.4, -0.2) is 21.7 Å². The highest BCUT2D eigenvalue weighted by Crippen LogP contribution is 2.26. The highest BCUT2D eigenvalue weighted by molar-refractivity contribution is 6.67. The summed E-state index contributed by atoms with van der Waals surface area (Å²) in [4.78, 5) is 11.4. The minimum atomic E-state index is -1.58. The van der Waals surface area contributed by atoms with E-state index in [4.69, 9.17) is 51.1 Å². The first-order valence-corrected chi connectivity index (χ1v) is 7.81. The summed E-state index contributed by atoms with van der Waals surface area (Å²) in [6, 6.07) is 0. The summed E-state index contributed by atoms with van der Waals surface area (Å²) in [6.07, 6.45) is 7.51. The minimum absolute atomic E-state index is 0.268. The van der Waals surface area contributed by atoms with Gasteiger partial charge in [-0.05, 0) is 6.42 Å². The fourth-order valence-corrected chi connectivity index (χ4v) is 1.85. The monoisotopic (exact) mass is 336 g/mol. The van der Waals surface area contributed by atoms with Crippen LogP contribution in [-0.2, 0) is 9.53 Å². The lowest BCUT2D eigenvalue weighted by Crippen LogP contribution is -2.23. The molecule has 0 bridgehead atoms. The highest BCUT2D eigenvalue weighted by Gasteiger charge is 2.24. The van der Waals surface area contributed by atoms with Crippen molar-refractivity contribution in [3.05, 3.63) is 0 Å². The molecule has 0 saturated heterocycles. The van der Waals surface area contributed by atoms with Crippen molar-refractivity contribution >= 4 is 52.4 Å². The first kappa shape index (κ1) is 18.6. The van der Waals surface area contributed by atoms with Gasteiger partial charge in [-0.1, -0.05) is 80.3 Å². The van der Waals surface area contributed by atoms with E-state index in [1.807, 2.05) is 0 Å². The van der Waals surface area contributed by atoms with Crippen LogP contribution >= 0.6 is 46.4 Å². The number of hydrogen-bond acceptors (Lipinski definition) is 2. The largest absolute Gasteiger partial charge is 0.460 e. The number of alkyl halides is 4. The molecule has 0 N–H and O–H groups in total. The average molecular weight is 338 g/mol. The Bertz CT molecular complexity index is 229. The van der Waals surface area contributed by atoms with Gasteiger partial charge in [0.1, 0.15) is 12.0 Å². The lowest BCUT2D eigenvalue weighted by molar-refractivity contribution is -0.143. The number of unbranched alkanes of at least 4 members (excludes halogenated alkanes) is 5. The third kappa shape index (κ3) is 11.7. The molecular formula is C12H20Cl4O2. The van der Waals surface area contributed by atoms with Gasteiger partial charge < -0.3 is 4.74 Å². The van der Waals surface area contributed by atoms with Crippen LogP contribution in [0, 0.1) is 0 Å². The number of hydrogen-bond donors (Lipinski definition) is 0. The number of carbonyl (C=O) groups is 1. The van der Waals surface area contributed by atoms with Gasteiger partial charge in [-0.2, -0.15) is 0 Å². The van der Waals surface area contributed by atoms with Gasteiger partial charge in [0, 0.05) is 0 Å². The first-order chi connectivity index (χ1) is 8.37. The second-order valence-corrected chi connectivity index (χ2v) is 7.29. The number of ether oxygens (including phenoxy) is 1. The normalized spacial score (nSPS) is 13.4. The molecule has 0 aliphatic carbocycles. The zero-order chi connectivity index (χ0) is 14.0. The van der Waals surface area contributed by atoms with Crippen molar-refractivity contribution < 1.29 is 9.53 Å². The standard InChI is InChI=1S/C12H20Cl4O2/c1-2-3-4-5-6-7-8-10(13)11(17)18-9-12(14,15)16/h10H,2-9H2,1H3. The van der Waals surface area contributed by atoms with E-state index in [1.165, 1.54) is 25.7 Å². The van der Waals surface area contributed by atoms with E-state index >= 15 is 0 Å². The fraction of sp³-hybridized carbons (Fsp3) is 0.917. The molecule has 0 radical (unpaired) electrons. The van der Waals surface area contributed by atoms with E-state index in [2.05, 4.69) is 6.92 Å². The van der Waals surface area contributed by atoms with Gasteiger partial charge in [-0.15, -0.1) is 11.6 Å². The Morgan fingerprint density at radius 1 is 1.11 bits per heavy atom. The fourth-order valence-electron chi connectivity index (χ4n) is 1.47. The molecule has 108 valence electrons. The summed E-state index contributed by atoms with van der Waals surface area (Å²) in [5.74, 6) is -0.517. The van der Waals surface area contributed by atoms with Crippen LogP contribution in [0.25, 0.3) is 0 Å². The molecule has 0 aliphatic rings. The molecule has 6 heteroatoms. The van der Waals surface area contributed by atoms with Crippen LogP contribution in [0.1, 0.15) is 51.9 Å². The minimum Gasteiger partial charge on any atom is -0.460 e. The Hall–Kier alpha value is 0.630. The zero-order valence-corrected chi connectivity index (χ0v) is 13.6. The zero-order valence-electron chi connectivity index (χ0n) is 10.6. The summed E-state index contributed by atoms with van der Waals surface area (Å²) in [7, 11) is 0. The van der Waals surface area contributed by atoms with Crippen molar-refractivity contribution in [2.45, 2.75) is 61.0 Å². The van der Waals surface area contributed by atoms with Gasteiger partial charge >= 0.3 is 5.97 Å². The van der Waals surface area contributed by atoms with Gasteiger partial charge in [-0.25, -0.2) is 0 Å². The van der Waals surface area contributed by atoms with Crippen LogP contribution in [0.2, 0.25) is 0 Å². The summed E-state index contributed by atoms with van der Waals surface area (Å²) in [6.45, 7) is 1.91.